The van der Waals surface area contributed by atoms with Crippen LogP contribution in [0.4, 0.5) is 5.69 Å². The van der Waals surface area contributed by atoms with E-state index < -0.39 is 0 Å². The standard InChI is InChI=1S/C30H32N4S/c1-18-13-14-24(16-21(18)4)34-29(27(32-30(34)35)26-12-7-8-15-31-26)25-17-22(5)33(23(25)6)28-19(2)10-9-11-20(28)3/h7-17,27,29H,1-6H3,(H,32,35)/t27-,29-/m1/s1. The van der Waals surface area contributed by atoms with Gasteiger partial charge in [0.1, 0.15) is 0 Å². The van der Waals surface area contributed by atoms with E-state index in [0.29, 0.717) is 0 Å². The van der Waals surface area contributed by atoms with Crippen molar-refractivity contribution >= 4 is 23.0 Å². The van der Waals surface area contributed by atoms with Crippen LogP contribution in [0.5, 0.6) is 0 Å². The summed E-state index contributed by atoms with van der Waals surface area (Å²) in [6.07, 6.45) is 1.86. The lowest BCUT2D eigenvalue weighted by Gasteiger charge is -2.29. The molecule has 0 radical (unpaired) electrons. The lowest BCUT2D eigenvalue weighted by atomic mass is 9.96. The van der Waals surface area contributed by atoms with Crippen LogP contribution in [0.25, 0.3) is 5.69 Å². The summed E-state index contributed by atoms with van der Waals surface area (Å²) < 4.78 is 2.40. The van der Waals surface area contributed by atoms with Crippen molar-refractivity contribution in [2.45, 2.75) is 53.6 Å². The van der Waals surface area contributed by atoms with Crippen molar-refractivity contribution < 1.29 is 0 Å². The third-order valence-corrected chi connectivity index (χ3v) is 7.63. The van der Waals surface area contributed by atoms with Crippen molar-refractivity contribution in [2.75, 3.05) is 4.90 Å². The Morgan fingerprint density at radius 2 is 1.54 bits per heavy atom. The van der Waals surface area contributed by atoms with Crippen LogP contribution in [0.1, 0.15) is 57.0 Å². The van der Waals surface area contributed by atoms with Gasteiger partial charge in [-0.25, -0.2) is 0 Å². The summed E-state index contributed by atoms with van der Waals surface area (Å²) in [5.74, 6) is 0. The van der Waals surface area contributed by atoms with Crippen molar-refractivity contribution in [3.8, 4) is 5.69 Å². The fourth-order valence-electron chi connectivity index (χ4n) is 5.41. The van der Waals surface area contributed by atoms with Crippen LogP contribution in [-0.2, 0) is 0 Å². The minimum atomic E-state index is -0.0581. The molecule has 1 aliphatic rings. The Balaban J connectivity index is 1.72. The summed E-state index contributed by atoms with van der Waals surface area (Å²) >= 11 is 5.95. The zero-order chi connectivity index (χ0) is 24.9. The van der Waals surface area contributed by atoms with Gasteiger partial charge in [-0.1, -0.05) is 30.3 Å². The van der Waals surface area contributed by atoms with E-state index in [2.05, 4.69) is 105 Å². The minimum absolute atomic E-state index is 0.0243. The van der Waals surface area contributed by atoms with E-state index in [9.17, 15) is 0 Å². The summed E-state index contributed by atoms with van der Waals surface area (Å²) in [4.78, 5) is 7.00. The Labute approximate surface area is 213 Å². The molecule has 35 heavy (non-hydrogen) atoms. The first-order valence-electron chi connectivity index (χ1n) is 12.1. The zero-order valence-corrected chi connectivity index (χ0v) is 22.1. The van der Waals surface area contributed by atoms with Crippen LogP contribution in [0.3, 0.4) is 0 Å². The number of benzene rings is 2. The molecule has 1 saturated heterocycles. The fraction of sp³-hybridized carbons (Fsp3) is 0.267. The molecule has 0 aliphatic carbocycles. The molecule has 1 aliphatic heterocycles. The maximum Gasteiger partial charge on any atom is 0.174 e. The van der Waals surface area contributed by atoms with Crippen molar-refractivity contribution in [3.05, 3.63) is 112 Å². The normalized spacial score (nSPS) is 17.7. The van der Waals surface area contributed by atoms with E-state index in [4.69, 9.17) is 17.2 Å². The molecule has 2 aromatic heterocycles. The van der Waals surface area contributed by atoms with Crippen LogP contribution < -0.4 is 10.2 Å². The van der Waals surface area contributed by atoms with Gasteiger partial charge in [-0.3, -0.25) is 4.98 Å². The SMILES string of the molecule is Cc1ccc(N2C(=S)N[C@H](c3ccccn3)[C@H]2c2cc(C)n(-c3c(C)cccc3C)c2C)cc1C. The highest BCUT2D eigenvalue weighted by Crippen LogP contribution is 2.44. The Morgan fingerprint density at radius 3 is 2.20 bits per heavy atom. The van der Waals surface area contributed by atoms with Gasteiger partial charge < -0.3 is 14.8 Å². The number of pyridine rings is 1. The highest BCUT2D eigenvalue weighted by molar-refractivity contribution is 7.80. The third kappa shape index (κ3) is 3.94. The molecule has 4 nitrogen and oxygen atoms in total. The van der Waals surface area contributed by atoms with Crippen molar-refractivity contribution in [1.82, 2.24) is 14.9 Å². The Hall–Kier alpha value is -3.44. The quantitative estimate of drug-likeness (QED) is 0.322. The number of hydrogen-bond donors (Lipinski definition) is 1. The van der Waals surface area contributed by atoms with E-state index in [1.165, 1.54) is 44.9 Å². The first kappa shape index (κ1) is 23.3. The van der Waals surface area contributed by atoms with Gasteiger partial charge >= 0.3 is 0 Å². The molecule has 0 unspecified atom stereocenters. The molecular formula is C30H32N4S. The molecule has 3 heterocycles. The van der Waals surface area contributed by atoms with Gasteiger partial charge in [0, 0.05) is 23.3 Å². The van der Waals surface area contributed by atoms with E-state index >= 15 is 0 Å². The summed E-state index contributed by atoms with van der Waals surface area (Å²) in [5, 5.41) is 4.33. The first-order chi connectivity index (χ1) is 16.8. The summed E-state index contributed by atoms with van der Waals surface area (Å²) in [5.41, 5.74) is 12.1. The smallest absolute Gasteiger partial charge is 0.174 e. The van der Waals surface area contributed by atoms with Gasteiger partial charge in [-0.2, -0.15) is 0 Å². The maximum atomic E-state index is 5.95. The lowest BCUT2D eigenvalue weighted by molar-refractivity contribution is 0.565. The van der Waals surface area contributed by atoms with Crippen LogP contribution in [0.15, 0.2) is 66.9 Å². The maximum absolute atomic E-state index is 5.95. The number of aryl methyl sites for hydroxylation is 5. The number of thiocarbonyl (C=S) groups is 1. The number of anilines is 1. The van der Waals surface area contributed by atoms with Crippen LogP contribution in [-0.4, -0.2) is 14.7 Å². The average Bonchev–Trinajstić information content (AvgIpc) is 3.32. The highest BCUT2D eigenvalue weighted by atomic mass is 32.1. The molecule has 4 aromatic rings. The van der Waals surface area contributed by atoms with Crippen LogP contribution >= 0.6 is 12.2 Å². The van der Waals surface area contributed by atoms with Crippen molar-refractivity contribution in [3.63, 3.8) is 0 Å². The molecule has 1 N–H and O–H groups in total. The summed E-state index contributed by atoms with van der Waals surface area (Å²) in [6.45, 7) is 13.1. The second-order valence-corrected chi connectivity index (χ2v) is 10.1. The monoisotopic (exact) mass is 480 g/mol. The highest BCUT2D eigenvalue weighted by Gasteiger charge is 2.42. The van der Waals surface area contributed by atoms with Gasteiger partial charge in [0.15, 0.2) is 5.11 Å². The first-order valence-corrected chi connectivity index (χ1v) is 12.5. The molecule has 2 aromatic carbocycles. The predicted molar refractivity (Wildman–Crippen MR) is 149 cm³/mol. The second kappa shape index (κ2) is 8.97. The third-order valence-electron chi connectivity index (χ3n) is 7.32. The number of rotatable bonds is 4. The molecule has 5 heteroatoms. The predicted octanol–water partition coefficient (Wildman–Crippen LogP) is 6.90. The molecule has 0 amide bonds. The van der Waals surface area contributed by atoms with Crippen LogP contribution in [0, 0.1) is 41.5 Å². The average molecular weight is 481 g/mol. The molecule has 0 saturated carbocycles. The molecular weight excluding hydrogens is 448 g/mol. The van der Waals surface area contributed by atoms with E-state index in [1.54, 1.807) is 0 Å². The second-order valence-electron chi connectivity index (χ2n) is 9.67. The van der Waals surface area contributed by atoms with Gasteiger partial charge in [-0.05, 0) is 112 Å². The molecule has 178 valence electrons. The number of para-hydroxylation sites is 1. The topological polar surface area (TPSA) is 33.1 Å². The molecule has 0 spiro atoms. The Bertz CT molecular complexity index is 1400. The van der Waals surface area contributed by atoms with E-state index in [-0.39, 0.29) is 12.1 Å². The van der Waals surface area contributed by atoms with E-state index in [1.807, 2.05) is 18.3 Å². The molecule has 2 atom stereocenters. The van der Waals surface area contributed by atoms with Gasteiger partial charge in [0.05, 0.1) is 23.5 Å². The summed E-state index contributed by atoms with van der Waals surface area (Å²) in [6, 6.07) is 21.4. The van der Waals surface area contributed by atoms with Crippen molar-refractivity contribution in [2.24, 2.45) is 0 Å². The molecule has 5 rings (SSSR count). The van der Waals surface area contributed by atoms with E-state index in [0.717, 1.165) is 16.5 Å². The largest absolute Gasteiger partial charge is 0.351 e. The minimum Gasteiger partial charge on any atom is -0.351 e. The fourth-order valence-corrected chi connectivity index (χ4v) is 5.76. The number of hydrogen-bond acceptors (Lipinski definition) is 2. The Morgan fingerprint density at radius 1 is 0.800 bits per heavy atom. The number of nitrogens with zero attached hydrogens (tertiary/aromatic N) is 3. The van der Waals surface area contributed by atoms with Crippen LogP contribution in [0.2, 0.25) is 0 Å². The van der Waals surface area contributed by atoms with Crippen molar-refractivity contribution in [1.29, 1.82) is 0 Å². The van der Waals surface area contributed by atoms with Gasteiger partial charge in [0.2, 0.25) is 0 Å². The zero-order valence-electron chi connectivity index (χ0n) is 21.3. The molecule has 1 fully saturated rings. The van der Waals surface area contributed by atoms with Gasteiger partial charge in [-0.15, -0.1) is 0 Å². The lowest BCUT2D eigenvalue weighted by Crippen LogP contribution is -2.29. The number of nitrogens with one attached hydrogen (secondary N) is 1. The Kier molecular flexibility index (Phi) is 5.97. The molecule has 0 bridgehead atoms. The summed E-state index contributed by atoms with van der Waals surface area (Å²) in [7, 11) is 0. The van der Waals surface area contributed by atoms with Gasteiger partial charge in [0.25, 0.3) is 0 Å². The number of aromatic nitrogens is 2.